The molecule has 0 unspecified atom stereocenters. The second-order valence-corrected chi connectivity index (χ2v) is 3.86. The number of likely N-dealkylation sites (N-methyl/N-ethyl adjacent to an activating group) is 1. The number of aromatic carboxylic acids is 1. The highest BCUT2D eigenvalue weighted by molar-refractivity contribution is 5.94. The maximum Gasteiger partial charge on any atom is 0.335 e. The van der Waals surface area contributed by atoms with Gasteiger partial charge in [-0.1, -0.05) is 6.92 Å². The van der Waals surface area contributed by atoms with E-state index in [1.807, 2.05) is 6.92 Å². The summed E-state index contributed by atoms with van der Waals surface area (Å²) in [7, 11) is 1.63. The van der Waals surface area contributed by atoms with Crippen LogP contribution in [0.1, 0.15) is 23.7 Å². The van der Waals surface area contributed by atoms with Gasteiger partial charge in [0, 0.05) is 19.3 Å². The van der Waals surface area contributed by atoms with Crippen molar-refractivity contribution in [3.8, 4) is 0 Å². The van der Waals surface area contributed by atoms with Gasteiger partial charge in [-0.3, -0.25) is 4.79 Å². The van der Waals surface area contributed by atoms with E-state index in [-0.39, 0.29) is 18.1 Å². The van der Waals surface area contributed by atoms with Crippen molar-refractivity contribution >= 4 is 17.6 Å². The molecule has 0 aliphatic rings. The molecule has 1 aromatic rings. The van der Waals surface area contributed by atoms with Crippen LogP contribution in [0.4, 0.5) is 5.69 Å². The van der Waals surface area contributed by atoms with E-state index in [4.69, 9.17) is 9.84 Å². The summed E-state index contributed by atoms with van der Waals surface area (Å²) in [5, 5.41) is 8.77. The molecule has 98 valence electrons. The van der Waals surface area contributed by atoms with Crippen molar-refractivity contribution in [3.63, 3.8) is 0 Å². The lowest BCUT2D eigenvalue weighted by Gasteiger charge is -2.17. The second kappa shape index (κ2) is 6.76. The zero-order chi connectivity index (χ0) is 13.5. The Morgan fingerprint density at radius 2 is 1.89 bits per heavy atom. The van der Waals surface area contributed by atoms with Crippen molar-refractivity contribution in [1.29, 1.82) is 0 Å². The fraction of sp³-hybridized carbons (Fsp3) is 0.385. The zero-order valence-electron chi connectivity index (χ0n) is 10.5. The number of carboxylic acids is 1. The van der Waals surface area contributed by atoms with Gasteiger partial charge >= 0.3 is 5.97 Å². The van der Waals surface area contributed by atoms with Crippen LogP contribution in [0.15, 0.2) is 24.3 Å². The predicted molar refractivity (Wildman–Crippen MR) is 67.9 cm³/mol. The highest BCUT2D eigenvalue weighted by Crippen LogP contribution is 2.14. The van der Waals surface area contributed by atoms with Crippen LogP contribution in [0.3, 0.4) is 0 Å². The summed E-state index contributed by atoms with van der Waals surface area (Å²) >= 11 is 0. The van der Waals surface area contributed by atoms with Gasteiger partial charge in [0.15, 0.2) is 0 Å². The average Bonchev–Trinajstić information content (AvgIpc) is 2.38. The normalized spacial score (nSPS) is 10.1. The van der Waals surface area contributed by atoms with Crippen LogP contribution in [0.25, 0.3) is 0 Å². The third-order valence-corrected chi connectivity index (χ3v) is 2.45. The molecule has 0 spiro atoms. The Morgan fingerprint density at radius 3 is 2.39 bits per heavy atom. The summed E-state index contributed by atoms with van der Waals surface area (Å²) in [5.41, 5.74) is 0.840. The van der Waals surface area contributed by atoms with Crippen LogP contribution in [-0.2, 0) is 9.53 Å². The minimum absolute atomic E-state index is 0.0328. The first-order valence-corrected chi connectivity index (χ1v) is 5.74. The number of hydrogen-bond donors (Lipinski definition) is 1. The van der Waals surface area contributed by atoms with E-state index in [0.29, 0.717) is 12.3 Å². The Hall–Kier alpha value is -1.88. The van der Waals surface area contributed by atoms with Crippen LogP contribution < -0.4 is 4.90 Å². The SMILES string of the molecule is CCCOCC(=O)N(C)c1ccc(C(=O)O)cc1. The topological polar surface area (TPSA) is 66.8 Å². The Kier molecular flexibility index (Phi) is 5.32. The van der Waals surface area contributed by atoms with Crippen molar-refractivity contribution in [2.24, 2.45) is 0 Å². The van der Waals surface area contributed by atoms with Gasteiger partial charge in [0.05, 0.1) is 5.56 Å². The minimum Gasteiger partial charge on any atom is -0.478 e. The quantitative estimate of drug-likeness (QED) is 0.782. The summed E-state index contributed by atoms with van der Waals surface area (Å²) in [4.78, 5) is 23.9. The molecule has 0 heterocycles. The van der Waals surface area contributed by atoms with E-state index in [0.717, 1.165) is 6.42 Å². The van der Waals surface area contributed by atoms with E-state index in [9.17, 15) is 9.59 Å². The monoisotopic (exact) mass is 251 g/mol. The molecule has 0 atom stereocenters. The summed E-state index contributed by atoms with van der Waals surface area (Å²) in [6, 6.07) is 6.13. The number of carboxylic acid groups (broad SMARTS) is 1. The van der Waals surface area contributed by atoms with Gasteiger partial charge in [-0.05, 0) is 30.7 Å². The highest BCUT2D eigenvalue weighted by atomic mass is 16.5. The van der Waals surface area contributed by atoms with Gasteiger partial charge in [-0.2, -0.15) is 0 Å². The van der Waals surface area contributed by atoms with Gasteiger partial charge < -0.3 is 14.7 Å². The lowest BCUT2D eigenvalue weighted by atomic mass is 10.2. The molecule has 0 fully saturated rings. The summed E-state index contributed by atoms with van der Waals surface area (Å²) in [6.45, 7) is 2.56. The third kappa shape index (κ3) is 3.85. The van der Waals surface area contributed by atoms with Crippen LogP contribution in [-0.4, -0.2) is 37.2 Å². The lowest BCUT2D eigenvalue weighted by molar-refractivity contribution is -0.122. The molecular formula is C13H17NO4. The van der Waals surface area contributed by atoms with Crippen LogP contribution in [0.2, 0.25) is 0 Å². The number of amides is 1. The maximum atomic E-state index is 11.7. The van der Waals surface area contributed by atoms with Crippen molar-refractivity contribution in [2.75, 3.05) is 25.2 Å². The van der Waals surface area contributed by atoms with E-state index in [1.54, 1.807) is 19.2 Å². The molecule has 5 nitrogen and oxygen atoms in total. The van der Waals surface area contributed by atoms with Crippen molar-refractivity contribution in [3.05, 3.63) is 29.8 Å². The lowest BCUT2D eigenvalue weighted by Crippen LogP contribution is -2.30. The van der Waals surface area contributed by atoms with Gasteiger partial charge in [0.1, 0.15) is 6.61 Å². The minimum atomic E-state index is -0.984. The zero-order valence-corrected chi connectivity index (χ0v) is 10.5. The fourth-order valence-electron chi connectivity index (χ4n) is 1.37. The predicted octanol–water partition coefficient (Wildman–Crippen LogP) is 1.77. The van der Waals surface area contributed by atoms with Crippen LogP contribution in [0.5, 0.6) is 0 Å². The molecule has 1 aromatic carbocycles. The standard InChI is InChI=1S/C13H17NO4/c1-3-8-18-9-12(15)14(2)11-6-4-10(5-7-11)13(16)17/h4-7H,3,8-9H2,1-2H3,(H,16,17). The van der Waals surface area contributed by atoms with E-state index in [1.165, 1.54) is 17.0 Å². The molecule has 0 aliphatic carbocycles. The number of carbonyl (C=O) groups excluding carboxylic acids is 1. The summed E-state index contributed by atoms with van der Waals surface area (Å²) in [5.74, 6) is -1.15. The number of carbonyl (C=O) groups is 2. The van der Waals surface area contributed by atoms with E-state index < -0.39 is 5.97 Å². The molecule has 5 heteroatoms. The Morgan fingerprint density at radius 1 is 1.28 bits per heavy atom. The van der Waals surface area contributed by atoms with Gasteiger partial charge in [-0.15, -0.1) is 0 Å². The molecule has 1 amide bonds. The number of benzene rings is 1. The number of nitrogens with zero attached hydrogens (tertiary/aromatic N) is 1. The van der Waals surface area contributed by atoms with E-state index in [2.05, 4.69) is 0 Å². The van der Waals surface area contributed by atoms with Crippen molar-refractivity contribution < 1.29 is 19.4 Å². The molecule has 1 N–H and O–H groups in total. The first-order chi connectivity index (χ1) is 8.56. The van der Waals surface area contributed by atoms with Crippen LogP contribution in [0, 0.1) is 0 Å². The number of hydrogen-bond acceptors (Lipinski definition) is 3. The van der Waals surface area contributed by atoms with Gasteiger partial charge in [0.2, 0.25) is 0 Å². The van der Waals surface area contributed by atoms with E-state index >= 15 is 0 Å². The Balaban J connectivity index is 2.63. The molecule has 0 aliphatic heterocycles. The largest absolute Gasteiger partial charge is 0.478 e. The molecule has 0 radical (unpaired) electrons. The molecule has 0 aromatic heterocycles. The molecule has 0 saturated carbocycles. The van der Waals surface area contributed by atoms with Crippen molar-refractivity contribution in [1.82, 2.24) is 0 Å². The van der Waals surface area contributed by atoms with Gasteiger partial charge in [-0.25, -0.2) is 4.79 Å². The molecule has 0 bridgehead atoms. The Bertz CT molecular complexity index is 414. The third-order valence-electron chi connectivity index (χ3n) is 2.45. The first-order valence-electron chi connectivity index (χ1n) is 5.74. The first kappa shape index (κ1) is 14.2. The van der Waals surface area contributed by atoms with Crippen molar-refractivity contribution in [2.45, 2.75) is 13.3 Å². The molecule has 1 rings (SSSR count). The van der Waals surface area contributed by atoms with Crippen LogP contribution >= 0.6 is 0 Å². The maximum absolute atomic E-state index is 11.7. The molecule has 0 saturated heterocycles. The fourth-order valence-corrected chi connectivity index (χ4v) is 1.37. The molecular weight excluding hydrogens is 234 g/mol. The Labute approximate surface area is 106 Å². The number of ether oxygens (including phenoxy) is 1. The summed E-state index contributed by atoms with van der Waals surface area (Å²) in [6.07, 6.45) is 0.865. The number of anilines is 1. The number of rotatable bonds is 6. The smallest absolute Gasteiger partial charge is 0.335 e. The summed E-state index contributed by atoms with van der Waals surface area (Å²) < 4.78 is 5.16. The molecule has 18 heavy (non-hydrogen) atoms. The second-order valence-electron chi connectivity index (χ2n) is 3.86. The van der Waals surface area contributed by atoms with Gasteiger partial charge in [0.25, 0.3) is 5.91 Å². The highest BCUT2D eigenvalue weighted by Gasteiger charge is 2.11. The average molecular weight is 251 g/mol.